The Kier molecular flexibility index (Phi) is 4.83. The van der Waals surface area contributed by atoms with Crippen LogP contribution in [0.4, 0.5) is 0 Å². The minimum atomic E-state index is -3.76. The van der Waals surface area contributed by atoms with Gasteiger partial charge in [-0.15, -0.1) is 11.3 Å². The number of rotatable bonds is 5. The Morgan fingerprint density at radius 2 is 1.85 bits per heavy atom. The monoisotopic (exact) mass is 389 g/mol. The maximum Gasteiger partial charge on any atom is 0.248 e. The zero-order valence-corrected chi connectivity index (χ0v) is 16.3. The number of hydrogen-bond donors (Lipinski definition) is 1. The third-order valence-corrected chi connectivity index (χ3v) is 6.71. The average molecular weight is 390 g/mol. The predicted molar refractivity (Wildman–Crippen MR) is 102 cm³/mol. The van der Waals surface area contributed by atoms with E-state index in [1.165, 1.54) is 11.3 Å². The van der Waals surface area contributed by atoms with Gasteiger partial charge in [-0.1, -0.05) is 24.3 Å². The topological polar surface area (TPSA) is 95.0 Å². The number of nitrogens with two attached hydrogens (primary N) is 1. The maximum atomic E-state index is 11.8. The fourth-order valence-electron chi connectivity index (χ4n) is 2.96. The number of aldehydes is 1. The molecule has 136 valence electrons. The molecule has 0 unspecified atom stereocenters. The zero-order chi connectivity index (χ0) is 19.1. The van der Waals surface area contributed by atoms with Crippen molar-refractivity contribution in [3.63, 3.8) is 0 Å². The van der Waals surface area contributed by atoms with Crippen LogP contribution in [0, 0.1) is 20.8 Å². The van der Waals surface area contributed by atoms with Gasteiger partial charge in [-0.2, -0.15) is 0 Å². The van der Waals surface area contributed by atoms with Gasteiger partial charge in [0.05, 0.1) is 5.69 Å². The van der Waals surface area contributed by atoms with Crippen LogP contribution in [0.15, 0.2) is 34.5 Å². The Morgan fingerprint density at radius 1 is 1.19 bits per heavy atom. The minimum Gasteiger partial charge on any atom is -0.321 e. The van der Waals surface area contributed by atoms with Crippen molar-refractivity contribution in [3.05, 3.63) is 58.0 Å². The maximum absolute atomic E-state index is 11.8. The van der Waals surface area contributed by atoms with Crippen molar-refractivity contribution in [3.8, 4) is 11.1 Å². The lowest BCUT2D eigenvalue weighted by molar-refractivity contribution is 0.111. The molecule has 0 saturated heterocycles. The van der Waals surface area contributed by atoms with Crippen molar-refractivity contribution in [1.29, 1.82) is 0 Å². The molecule has 0 saturated carbocycles. The second kappa shape index (κ2) is 6.79. The highest BCUT2D eigenvalue weighted by Crippen LogP contribution is 2.34. The molecule has 8 heteroatoms. The summed E-state index contributed by atoms with van der Waals surface area (Å²) in [7, 11) is -3.76. The first-order chi connectivity index (χ1) is 12.2. The highest BCUT2D eigenvalue weighted by Gasteiger charge is 2.19. The Labute approximate surface area is 156 Å². The molecule has 0 spiro atoms. The van der Waals surface area contributed by atoms with Crippen LogP contribution in [0.2, 0.25) is 0 Å². The van der Waals surface area contributed by atoms with Crippen molar-refractivity contribution >= 4 is 27.6 Å². The standard InChI is InChI=1S/C18H19N3O3S2/c1-11-8-16(18(25-11)26(19,23)24)15-6-4-14(5-7-15)9-21-13(3)20-12(2)17(21)10-22/h4-8,10H,9H2,1-3H3,(H2,19,23,24). The molecule has 0 amide bonds. The molecule has 0 radical (unpaired) electrons. The normalized spacial score (nSPS) is 11.7. The van der Waals surface area contributed by atoms with E-state index in [1.807, 2.05) is 55.7 Å². The van der Waals surface area contributed by atoms with Gasteiger partial charge in [0.1, 0.15) is 15.7 Å². The van der Waals surface area contributed by atoms with Gasteiger partial charge in [-0.25, -0.2) is 18.5 Å². The third kappa shape index (κ3) is 3.48. The summed E-state index contributed by atoms with van der Waals surface area (Å²) in [6.07, 6.45) is 0.816. The molecule has 3 rings (SSSR count). The number of hydrogen-bond acceptors (Lipinski definition) is 5. The molecular formula is C18H19N3O3S2. The summed E-state index contributed by atoms with van der Waals surface area (Å²) in [5.74, 6) is 0.777. The van der Waals surface area contributed by atoms with Crippen LogP contribution in [-0.4, -0.2) is 24.3 Å². The summed E-state index contributed by atoms with van der Waals surface area (Å²) < 4.78 is 25.6. The van der Waals surface area contributed by atoms with Crippen molar-refractivity contribution in [1.82, 2.24) is 9.55 Å². The number of carbonyl (C=O) groups excluding carboxylic acids is 1. The minimum absolute atomic E-state index is 0.173. The van der Waals surface area contributed by atoms with Gasteiger partial charge in [-0.3, -0.25) is 4.79 Å². The second-order valence-electron chi connectivity index (χ2n) is 6.13. The molecule has 26 heavy (non-hydrogen) atoms. The van der Waals surface area contributed by atoms with E-state index in [0.717, 1.165) is 28.1 Å². The Hall–Kier alpha value is -2.29. The number of aromatic nitrogens is 2. The molecule has 0 atom stereocenters. The van der Waals surface area contributed by atoms with Gasteiger partial charge in [0, 0.05) is 17.0 Å². The lowest BCUT2D eigenvalue weighted by Crippen LogP contribution is -2.11. The van der Waals surface area contributed by atoms with Crippen LogP contribution in [-0.2, 0) is 16.6 Å². The Bertz CT molecular complexity index is 1080. The Balaban J connectivity index is 1.95. The van der Waals surface area contributed by atoms with Gasteiger partial charge in [0.2, 0.25) is 10.0 Å². The van der Waals surface area contributed by atoms with E-state index in [4.69, 9.17) is 5.14 Å². The number of benzene rings is 1. The molecule has 2 aromatic heterocycles. The summed E-state index contributed by atoms with van der Waals surface area (Å²) in [5, 5.41) is 5.33. The summed E-state index contributed by atoms with van der Waals surface area (Å²) in [6, 6.07) is 9.39. The van der Waals surface area contributed by atoms with E-state index in [2.05, 4.69) is 4.98 Å². The first kappa shape index (κ1) is 18.5. The molecule has 0 aliphatic heterocycles. The molecule has 3 aromatic rings. The van der Waals surface area contributed by atoms with Gasteiger partial charge in [0.15, 0.2) is 6.29 Å². The molecule has 1 aromatic carbocycles. The smallest absolute Gasteiger partial charge is 0.248 e. The number of carbonyl (C=O) groups is 1. The van der Waals surface area contributed by atoms with Gasteiger partial charge >= 0.3 is 0 Å². The molecule has 2 N–H and O–H groups in total. The summed E-state index contributed by atoms with van der Waals surface area (Å²) in [5.41, 5.74) is 3.67. The van der Waals surface area contributed by atoms with E-state index in [0.29, 0.717) is 23.5 Å². The molecular weight excluding hydrogens is 370 g/mol. The van der Waals surface area contributed by atoms with Gasteiger partial charge < -0.3 is 4.57 Å². The quantitative estimate of drug-likeness (QED) is 0.679. The fourth-order valence-corrected chi connectivity index (χ4v) is 5.05. The molecule has 0 aliphatic carbocycles. The molecule has 0 aliphatic rings. The predicted octanol–water partition coefficient (Wildman–Crippen LogP) is 3.05. The summed E-state index contributed by atoms with van der Waals surface area (Å²) in [6.45, 7) is 6.04. The largest absolute Gasteiger partial charge is 0.321 e. The van der Waals surface area contributed by atoms with E-state index in [-0.39, 0.29) is 4.21 Å². The fraction of sp³-hybridized carbons (Fsp3) is 0.222. The Morgan fingerprint density at radius 3 is 2.42 bits per heavy atom. The highest BCUT2D eigenvalue weighted by atomic mass is 32.2. The van der Waals surface area contributed by atoms with Crippen LogP contribution >= 0.6 is 11.3 Å². The molecule has 0 fully saturated rings. The van der Waals surface area contributed by atoms with Crippen molar-refractivity contribution in [2.45, 2.75) is 31.5 Å². The number of aryl methyl sites for hydroxylation is 3. The number of sulfonamides is 1. The van der Waals surface area contributed by atoms with Crippen LogP contribution in [0.1, 0.15) is 32.4 Å². The van der Waals surface area contributed by atoms with Gasteiger partial charge in [0.25, 0.3) is 0 Å². The van der Waals surface area contributed by atoms with Crippen molar-refractivity contribution in [2.75, 3.05) is 0 Å². The van der Waals surface area contributed by atoms with Gasteiger partial charge in [-0.05, 0) is 38.0 Å². The number of primary sulfonamides is 1. The molecule has 0 bridgehead atoms. The highest BCUT2D eigenvalue weighted by molar-refractivity contribution is 7.91. The molecule has 6 nitrogen and oxygen atoms in total. The molecule has 2 heterocycles. The number of thiophene rings is 1. The number of imidazole rings is 1. The lowest BCUT2D eigenvalue weighted by Gasteiger charge is -2.09. The first-order valence-corrected chi connectivity index (χ1v) is 10.3. The van der Waals surface area contributed by atoms with E-state index in [9.17, 15) is 13.2 Å². The van der Waals surface area contributed by atoms with Crippen LogP contribution < -0.4 is 5.14 Å². The zero-order valence-electron chi connectivity index (χ0n) is 14.7. The van der Waals surface area contributed by atoms with Crippen LogP contribution in [0.5, 0.6) is 0 Å². The van der Waals surface area contributed by atoms with E-state index >= 15 is 0 Å². The third-order valence-electron chi connectivity index (χ3n) is 4.18. The SMILES string of the molecule is Cc1cc(-c2ccc(Cn3c(C)nc(C)c3C=O)cc2)c(S(N)(=O)=O)s1. The average Bonchev–Trinajstić information content (AvgIpc) is 3.08. The summed E-state index contributed by atoms with van der Waals surface area (Å²) in [4.78, 5) is 16.5. The summed E-state index contributed by atoms with van der Waals surface area (Å²) >= 11 is 1.17. The van der Waals surface area contributed by atoms with Crippen LogP contribution in [0.3, 0.4) is 0 Å². The second-order valence-corrected chi connectivity index (χ2v) is 9.15. The first-order valence-electron chi connectivity index (χ1n) is 7.92. The van der Waals surface area contributed by atoms with Crippen LogP contribution in [0.25, 0.3) is 11.1 Å². The van der Waals surface area contributed by atoms with Crippen molar-refractivity contribution in [2.24, 2.45) is 5.14 Å². The van der Waals surface area contributed by atoms with E-state index in [1.54, 1.807) is 0 Å². The van der Waals surface area contributed by atoms with E-state index < -0.39 is 10.0 Å². The lowest BCUT2D eigenvalue weighted by atomic mass is 10.1. The number of nitrogens with zero attached hydrogens (tertiary/aromatic N) is 2. The van der Waals surface area contributed by atoms with Crippen molar-refractivity contribution < 1.29 is 13.2 Å².